The first-order chi connectivity index (χ1) is 16.8. The number of ether oxygens (including phenoxy) is 1. The molecule has 1 unspecified atom stereocenters. The predicted molar refractivity (Wildman–Crippen MR) is 148 cm³/mol. The summed E-state index contributed by atoms with van der Waals surface area (Å²) >= 11 is 9.65. The number of thiophene rings is 1. The van der Waals surface area contributed by atoms with Crippen LogP contribution >= 0.6 is 34.7 Å². The van der Waals surface area contributed by atoms with Gasteiger partial charge in [-0.15, -0.1) is 11.3 Å². The van der Waals surface area contributed by atoms with Crippen molar-refractivity contribution in [2.45, 2.75) is 50.9 Å². The van der Waals surface area contributed by atoms with Gasteiger partial charge in [-0.3, -0.25) is 9.36 Å². The van der Waals surface area contributed by atoms with E-state index in [1.807, 2.05) is 48.5 Å². The van der Waals surface area contributed by atoms with Crippen molar-refractivity contribution in [2.75, 3.05) is 7.11 Å². The van der Waals surface area contributed by atoms with Gasteiger partial charge in [0.15, 0.2) is 5.16 Å². The molecule has 7 heteroatoms. The highest BCUT2D eigenvalue weighted by Crippen LogP contribution is 2.42. The first kappa shape index (κ1) is 24.4. The molecule has 0 saturated carbocycles. The molecule has 2 heterocycles. The van der Waals surface area contributed by atoms with Crippen LogP contribution in [0.5, 0.6) is 5.75 Å². The Morgan fingerprint density at radius 2 is 1.91 bits per heavy atom. The minimum atomic E-state index is 0.00790. The number of benzene rings is 2. The van der Waals surface area contributed by atoms with E-state index in [1.165, 1.54) is 10.4 Å². The van der Waals surface area contributed by atoms with Gasteiger partial charge in [0.1, 0.15) is 10.6 Å². The lowest BCUT2D eigenvalue weighted by Crippen LogP contribution is -2.27. The Kier molecular flexibility index (Phi) is 6.73. The average Bonchev–Trinajstić information content (AvgIpc) is 3.21. The highest BCUT2D eigenvalue weighted by Gasteiger charge is 2.32. The van der Waals surface area contributed by atoms with Crippen LogP contribution in [0.25, 0.3) is 15.9 Å². The Balaban J connectivity index is 1.63. The quantitative estimate of drug-likeness (QED) is 0.200. The van der Waals surface area contributed by atoms with Gasteiger partial charge in [-0.25, -0.2) is 4.98 Å². The Labute approximate surface area is 219 Å². The monoisotopic (exact) mass is 524 g/mol. The molecule has 35 heavy (non-hydrogen) atoms. The van der Waals surface area contributed by atoms with Gasteiger partial charge in [-0.1, -0.05) is 62.3 Å². The number of hydrogen-bond donors (Lipinski definition) is 0. The highest BCUT2D eigenvalue weighted by molar-refractivity contribution is 7.98. The molecule has 0 aliphatic heterocycles. The van der Waals surface area contributed by atoms with E-state index in [-0.39, 0.29) is 11.0 Å². The van der Waals surface area contributed by atoms with E-state index < -0.39 is 0 Å². The Hall–Kier alpha value is -2.28. The summed E-state index contributed by atoms with van der Waals surface area (Å²) in [6, 6.07) is 15.4. The summed E-state index contributed by atoms with van der Waals surface area (Å²) in [5.41, 5.74) is 3.27. The Morgan fingerprint density at radius 1 is 1.17 bits per heavy atom. The average molecular weight is 525 g/mol. The first-order valence-corrected chi connectivity index (χ1v) is 14.0. The maximum absolute atomic E-state index is 14.1. The lowest BCUT2D eigenvalue weighted by atomic mass is 9.72. The summed E-state index contributed by atoms with van der Waals surface area (Å²) in [6.07, 6.45) is 3.06. The number of rotatable bonds is 5. The lowest BCUT2D eigenvalue weighted by molar-refractivity contribution is 0.218. The fourth-order valence-corrected chi connectivity index (χ4v) is 7.40. The second-order valence-electron chi connectivity index (χ2n) is 10.1. The third-order valence-corrected chi connectivity index (χ3v) is 9.43. The topological polar surface area (TPSA) is 44.1 Å². The fraction of sp³-hybridized carbons (Fsp3) is 0.357. The van der Waals surface area contributed by atoms with Crippen LogP contribution in [0.2, 0.25) is 5.02 Å². The maximum Gasteiger partial charge on any atom is 0.267 e. The number of halogens is 1. The second kappa shape index (κ2) is 9.64. The van der Waals surface area contributed by atoms with Crippen LogP contribution in [0.4, 0.5) is 0 Å². The molecule has 4 nitrogen and oxygen atoms in total. The van der Waals surface area contributed by atoms with Crippen molar-refractivity contribution in [3.63, 3.8) is 0 Å². The third kappa shape index (κ3) is 4.76. The number of hydrogen-bond acceptors (Lipinski definition) is 5. The lowest BCUT2D eigenvalue weighted by Gasteiger charge is -2.33. The molecule has 5 rings (SSSR count). The van der Waals surface area contributed by atoms with E-state index in [0.29, 0.717) is 16.8 Å². The Morgan fingerprint density at radius 3 is 2.60 bits per heavy atom. The van der Waals surface area contributed by atoms with E-state index in [2.05, 4.69) is 20.8 Å². The van der Waals surface area contributed by atoms with Crippen molar-refractivity contribution in [1.29, 1.82) is 0 Å². The minimum Gasteiger partial charge on any atom is -0.497 e. The van der Waals surface area contributed by atoms with Crippen LogP contribution in [0.3, 0.4) is 0 Å². The van der Waals surface area contributed by atoms with E-state index in [1.54, 1.807) is 34.8 Å². The summed E-state index contributed by atoms with van der Waals surface area (Å²) in [7, 11) is 1.64. The number of thioether (sulfide) groups is 1. The zero-order valence-corrected chi connectivity index (χ0v) is 22.8. The fourth-order valence-electron chi connectivity index (χ4n) is 4.76. The summed E-state index contributed by atoms with van der Waals surface area (Å²) in [5, 5.41) is 2.19. The molecule has 0 bridgehead atoms. The van der Waals surface area contributed by atoms with Gasteiger partial charge >= 0.3 is 0 Å². The molecule has 2 aromatic carbocycles. The van der Waals surface area contributed by atoms with E-state index in [9.17, 15) is 4.79 Å². The van der Waals surface area contributed by atoms with Crippen molar-refractivity contribution in [1.82, 2.24) is 9.55 Å². The van der Waals surface area contributed by atoms with Gasteiger partial charge in [0, 0.05) is 15.7 Å². The molecule has 4 aromatic rings. The van der Waals surface area contributed by atoms with Gasteiger partial charge in [-0.2, -0.15) is 0 Å². The van der Waals surface area contributed by atoms with Crippen LogP contribution in [-0.2, 0) is 18.6 Å². The molecular formula is C28H29ClN2O2S2. The van der Waals surface area contributed by atoms with Crippen molar-refractivity contribution >= 4 is 44.9 Å². The summed E-state index contributed by atoms with van der Waals surface area (Å²) in [4.78, 5) is 21.3. The van der Waals surface area contributed by atoms with Crippen LogP contribution in [0, 0.1) is 11.3 Å². The highest BCUT2D eigenvalue weighted by atomic mass is 35.5. The van der Waals surface area contributed by atoms with Gasteiger partial charge in [0.2, 0.25) is 0 Å². The van der Waals surface area contributed by atoms with Gasteiger partial charge < -0.3 is 4.74 Å². The van der Waals surface area contributed by atoms with Crippen molar-refractivity contribution in [2.24, 2.45) is 11.3 Å². The normalized spacial score (nSPS) is 15.9. The molecule has 0 fully saturated rings. The van der Waals surface area contributed by atoms with Crippen LogP contribution < -0.4 is 10.3 Å². The summed E-state index contributed by atoms with van der Waals surface area (Å²) < 4.78 is 7.09. The number of aryl methyl sites for hydroxylation is 1. The molecule has 1 atom stereocenters. The number of methoxy groups -OCH3 is 1. The number of aromatic nitrogens is 2. The van der Waals surface area contributed by atoms with Crippen LogP contribution in [0.1, 0.15) is 43.2 Å². The van der Waals surface area contributed by atoms with Gasteiger partial charge in [-0.05, 0) is 72.1 Å². The smallest absolute Gasteiger partial charge is 0.267 e. The summed E-state index contributed by atoms with van der Waals surface area (Å²) in [5.74, 6) is 1.99. The molecule has 0 radical (unpaired) electrons. The molecule has 2 aromatic heterocycles. The first-order valence-electron chi connectivity index (χ1n) is 11.8. The molecular weight excluding hydrogens is 496 g/mol. The standard InChI is InChI=1S/C28H29ClN2O2S2/c1-28(2,3)18-9-14-21-23(15-18)35-25-24(21)26(32)31(19-10-12-20(33-4)13-11-19)27(30-25)34-16-17-7-5-6-8-22(17)29/h5-8,10-13,18H,9,14-16H2,1-4H3. The van der Waals surface area contributed by atoms with E-state index in [0.717, 1.165) is 51.5 Å². The molecule has 1 aliphatic carbocycles. The number of nitrogens with zero attached hydrogens (tertiary/aromatic N) is 2. The molecule has 0 amide bonds. The van der Waals surface area contributed by atoms with Crippen molar-refractivity contribution in [3.05, 3.63) is 79.9 Å². The van der Waals surface area contributed by atoms with E-state index >= 15 is 0 Å². The minimum absolute atomic E-state index is 0.00790. The predicted octanol–water partition coefficient (Wildman–Crippen LogP) is 7.55. The maximum atomic E-state index is 14.1. The second-order valence-corrected chi connectivity index (χ2v) is 12.5. The number of fused-ring (bicyclic) bond motifs is 3. The molecule has 0 spiro atoms. The van der Waals surface area contributed by atoms with E-state index in [4.69, 9.17) is 21.3 Å². The largest absolute Gasteiger partial charge is 0.497 e. The van der Waals surface area contributed by atoms with Gasteiger partial charge in [0.05, 0.1) is 18.2 Å². The van der Waals surface area contributed by atoms with Crippen molar-refractivity contribution in [3.8, 4) is 11.4 Å². The zero-order valence-electron chi connectivity index (χ0n) is 20.4. The molecule has 1 aliphatic rings. The Bertz CT molecular complexity index is 1430. The SMILES string of the molecule is COc1ccc(-n2c(SCc3ccccc3Cl)nc3sc4c(c3c2=O)CCC(C(C)(C)C)C4)cc1. The van der Waals surface area contributed by atoms with Crippen molar-refractivity contribution < 1.29 is 4.74 Å². The molecule has 182 valence electrons. The molecule has 0 N–H and O–H groups in total. The van der Waals surface area contributed by atoms with Gasteiger partial charge in [0.25, 0.3) is 5.56 Å². The van der Waals surface area contributed by atoms with Crippen LogP contribution in [-0.4, -0.2) is 16.7 Å². The zero-order chi connectivity index (χ0) is 24.7. The van der Waals surface area contributed by atoms with Crippen LogP contribution in [0.15, 0.2) is 58.5 Å². The summed E-state index contributed by atoms with van der Waals surface area (Å²) in [6.45, 7) is 6.94. The molecule has 0 saturated heterocycles. The third-order valence-electron chi connectivity index (χ3n) is 6.92.